The Morgan fingerprint density at radius 1 is 1.40 bits per heavy atom. The van der Waals surface area contributed by atoms with Crippen molar-refractivity contribution in [2.24, 2.45) is 0 Å². The van der Waals surface area contributed by atoms with Crippen molar-refractivity contribution in [2.75, 3.05) is 24.0 Å². The molecule has 0 fully saturated rings. The maximum atomic E-state index is 12.1. The van der Waals surface area contributed by atoms with E-state index in [1.165, 1.54) is 18.2 Å². The van der Waals surface area contributed by atoms with Crippen LogP contribution in [0.4, 0.5) is 5.69 Å². The summed E-state index contributed by atoms with van der Waals surface area (Å²) in [5, 5.41) is 2.83. The number of nitrogens with two attached hydrogens (primary N) is 1. The molecule has 20 heavy (non-hydrogen) atoms. The molecule has 1 amide bonds. The van der Waals surface area contributed by atoms with Gasteiger partial charge in [0.2, 0.25) is 0 Å². The standard InChI is InChI=1S/C13H20N2O3S2/c1-9(4-5-19-2)15-13(16)10-6-11(14)8-12(7-10)20(3,17)18/h6-9H,4-5,14H2,1-3H3,(H,15,16). The molecule has 0 saturated carbocycles. The van der Waals surface area contributed by atoms with Crippen molar-refractivity contribution in [1.82, 2.24) is 5.32 Å². The van der Waals surface area contributed by atoms with Crippen LogP contribution in [0, 0.1) is 0 Å². The Morgan fingerprint density at radius 2 is 2.05 bits per heavy atom. The maximum absolute atomic E-state index is 12.1. The molecule has 3 N–H and O–H groups in total. The van der Waals surface area contributed by atoms with Gasteiger partial charge in [0, 0.05) is 23.5 Å². The second-order valence-corrected chi connectivity index (χ2v) is 7.72. The van der Waals surface area contributed by atoms with Gasteiger partial charge in [0.05, 0.1) is 4.90 Å². The number of sulfone groups is 1. The number of rotatable bonds is 6. The molecule has 0 radical (unpaired) electrons. The predicted molar refractivity (Wildman–Crippen MR) is 83.9 cm³/mol. The third-order valence-electron chi connectivity index (χ3n) is 2.75. The Bertz CT molecular complexity index is 585. The fourth-order valence-corrected chi connectivity index (χ4v) is 2.92. The zero-order valence-corrected chi connectivity index (χ0v) is 13.5. The molecule has 0 spiro atoms. The molecule has 7 heteroatoms. The van der Waals surface area contributed by atoms with Crippen LogP contribution in [0.15, 0.2) is 23.1 Å². The van der Waals surface area contributed by atoms with Crippen molar-refractivity contribution in [2.45, 2.75) is 24.3 Å². The van der Waals surface area contributed by atoms with Crippen molar-refractivity contribution in [3.8, 4) is 0 Å². The van der Waals surface area contributed by atoms with Crippen molar-refractivity contribution in [1.29, 1.82) is 0 Å². The molecular weight excluding hydrogens is 296 g/mol. The first-order valence-corrected chi connectivity index (χ1v) is 9.43. The van der Waals surface area contributed by atoms with Crippen LogP contribution in [0.5, 0.6) is 0 Å². The van der Waals surface area contributed by atoms with Crippen LogP contribution >= 0.6 is 11.8 Å². The van der Waals surface area contributed by atoms with Gasteiger partial charge in [-0.25, -0.2) is 8.42 Å². The minimum absolute atomic E-state index is 0.0260. The Morgan fingerprint density at radius 3 is 2.60 bits per heavy atom. The van der Waals surface area contributed by atoms with Crippen LogP contribution < -0.4 is 11.1 Å². The summed E-state index contributed by atoms with van der Waals surface area (Å²) >= 11 is 1.71. The van der Waals surface area contributed by atoms with Gasteiger partial charge in [-0.15, -0.1) is 0 Å². The SMILES string of the molecule is CSCCC(C)NC(=O)c1cc(N)cc(S(C)(=O)=O)c1. The molecule has 0 heterocycles. The molecule has 0 aliphatic rings. The second kappa shape index (κ2) is 6.99. The number of nitrogens with one attached hydrogen (secondary N) is 1. The largest absolute Gasteiger partial charge is 0.399 e. The molecular formula is C13H20N2O3S2. The molecule has 1 aromatic carbocycles. The van der Waals surface area contributed by atoms with E-state index in [1.807, 2.05) is 13.2 Å². The van der Waals surface area contributed by atoms with Crippen LogP contribution in [0.1, 0.15) is 23.7 Å². The summed E-state index contributed by atoms with van der Waals surface area (Å²) in [7, 11) is -3.39. The highest BCUT2D eigenvalue weighted by Gasteiger charge is 2.15. The molecule has 0 aromatic heterocycles. The van der Waals surface area contributed by atoms with E-state index in [1.54, 1.807) is 11.8 Å². The quantitative estimate of drug-likeness (QED) is 0.777. The Labute approximate surface area is 124 Å². The third kappa shape index (κ3) is 5.05. The summed E-state index contributed by atoms with van der Waals surface area (Å²) < 4.78 is 23.1. The van der Waals surface area contributed by atoms with Gasteiger partial charge in [-0.3, -0.25) is 4.79 Å². The zero-order valence-electron chi connectivity index (χ0n) is 11.8. The van der Waals surface area contributed by atoms with Crippen molar-refractivity contribution in [3.63, 3.8) is 0 Å². The fraction of sp³-hybridized carbons (Fsp3) is 0.462. The zero-order chi connectivity index (χ0) is 15.3. The van der Waals surface area contributed by atoms with Gasteiger partial charge < -0.3 is 11.1 Å². The monoisotopic (exact) mass is 316 g/mol. The molecule has 1 atom stereocenters. The number of nitrogen functional groups attached to an aromatic ring is 1. The normalized spacial score (nSPS) is 12.9. The topological polar surface area (TPSA) is 89.3 Å². The lowest BCUT2D eigenvalue weighted by atomic mass is 10.1. The minimum Gasteiger partial charge on any atom is -0.399 e. The molecule has 0 aliphatic carbocycles. The number of carbonyl (C=O) groups excluding carboxylic acids is 1. The second-order valence-electron chi connectivity index (χ2n) is 4.72. The van der Waals surface area contributed by atoms with Crippen molar-refractivity contribution in [3.05, 3.63) is 23.8 Å². The van der Waals surface area contributed by atoms with Crippen LogP contribution in [0.25, 0.3) is 0 Å². The summed E-state index contributed by atoms with van der Waals surface area (Å²) in [5.74, 6) is 0.642. The number of hydrogen-bond donors (Lipinski definition) is 2. The van der Waals surface area contributed by atoms with E-state index in [2.05, 4.69) is 5.32 Å². The smallest absolute Gasteiger partial charge is 0.251 e. The van der Waals surface area contributed by atoms with Gasteiger partial charge in [0.15, 0.2) is 9.84 Å². The van der Waals surface area contributed by atoms with E-state index < -0.39 is 9.84 Å². The van der Waals surface area contributed by atoms with Crippen LogP contribution in [-0.2, 0) is 9.84 Å². The summed E-state index contributed by atoms with van der Waals surface area (Å²) in [6.07, 6.45) is 3.95. The van der Waals surface area contributed by atoms with Crippen LogP contribution in [0.2, 0.25) is 0 Å². The van der Waals surface area contributed by atoms with Gasteiger partial charge >= 0.3 is 0 Å². The van der Waals surface area contributed by atoms with E-state index in [0.29, 0.717) is 0 Å². The fourth-order valence-electron chi connectivity index (χ4n) is 1.64. The van der Waals surface area contributed by atoms with Gasteiger partial charge in [0.25, 0.3) is 5.91 Å². The highest BCUT2D eigenvalue weighted by molar-refractivity contribution is 7.98. The minimum atomic E-state index is -3.39. The van der Waals surface area contributed by atoms with E-state index in [4.69, 9.17) is 5.73 Å². The van der Waals surface area contributed by atoms with Gasteiger partial charge in [-0.1, -0.05) is 0 Å². The Kier molecular flexibility index (Phi) is 5.88. The van der Waals surface area contributed by atoms with E-state index in [-0.39, 0.29) is 28.1 Å². The highest BCUT2D eigenvalue weighted by atomic mass is 32.2. The summed E-state index contributed by atoms with van der Waals surface area (Å²) in [6, 6.07) is 4.20. The molecule has 0 bridgehead atoms. The van der Waals surface area contributed by atoms with E-state index in [0.717, 1.165) is 18.4 Å². The molecule has 0 aliphatic heterocycles. The predicted octanol–water partition coefficient (Wildman–Crippen LogP) is 1.54. The van der Waals surface area contributed by atoms with Gasteiger partial charge in [0.1, 0.15) is 0 Å². The van der Waals surface area contributed by atoms with E-state index in [9.17, 15) is 13.2 Å². The maximum Gasteiger partial charge on any atom is 0.251 e. The summed E-state index contributed by atoms with van der Waals surface area (Å²) in [4.78, 5) is 12.1. The lowest BCUT2D eigenvalue weighted by molar-refractivity contribution is 0.0939. The van der Waals surface area contributed by atoms with E-state index >= 15 is 0 Å². The molecule has 1 unspecified atom stereocenters. The number of carbonyl (C=O) groups is 1. The molecule has 5 nitrogen and oxygen atoms in total. The first-order valence-electron chi connectivity index (χ1n) is 6.14. The number of benzene rings is 1. The molecule has 1 rings (SSSR count). The van der Waals surface area contributed by atoms with Gasteiger partial charge in [-0.05, 0) is 43.6 Å². The molecule has 1 aromatic rings. The summed E-state index contributed by atoms with van der Waals surface area (Å²) in [5.41, 5.74) is 6.18. The number of anilines is 1. The average Bonchev–Trinajstić information content (AvgIpc) is 2.34. The van der Waals surface area contributed by atoms with Crippen molar-refractivity contribution < 1.29 is 13.2 Å². The lowest BCUT2D eigenvalue weighted by Crippen LogP contribution is -2.33. The third-order valence-corrected chi connectivity index (χ3v) is 4.49. The number of amides is 1. The number of thioether (sulfide) groups is 1. The van der Waals surface area contributed by atoms with Gasteiger partial charge in [-0.2, -0.15) is 11.8 Å². The number of hydrogen-bond acceptors (Lipinski definition) is 5. The first kappa shape index (κ1) is 16.8. The Hall–Kier alpha value is -1.21. The van der Waals surface area contributed by atoms with Crippen LogP contribution in [0.3, 0.4) is 0 Å². The summed E-state index contributed by atoms with van der Waals surface area (Å²) in [6.45, 7) is 1.91. The highest BCUT2D eigenvalue weighted by Crippen LogP contribution is 2.17. The molecule has 0 saturated heterocycles. The molecule has 112 valence electrons. The van der Waals surface area contributed by atoms with Crippen LogP contribution in [-0.4, -0.2) is 38.6 Å². The van der Waals surface area contributed by atoms with Crippen molar-refractivity contribution >= 4 is 33.2 Å². The lowest BCUT2D eigenvalue weighted by Gasteiger charge is -2.14. The average molecular weight is 316 g/mol. The Balaban J connectivity index is 2.91. The first-order chi connectivity index (χ1) is 9.24.